The fourth-order valence-corrected chi connectivity index (χ4v) is 1.52. The first-order valence-electron chi connectivity index (χ1n) is 5.27. The van der Waals surface area contributed by atoms with Crippen molar-refractivity contribution in [3.05, 3.63) is 0 Å². The molecule has 1 aliphatic rings. The zero-order valence-electron chi connectivity index (χ0n) is 8.39. The summed E-state index contributed by atoms with van der Waals surface area (Å²) in [6.45, 7) is 8.79. The first-order valence-corrected chi connectivity index (χ1v) is 5.27. The number of piperazine rings is 1. The largest absolute Gasteiger partial charge is 0.330 e. The molecule has 4 N–H and O–H groups in total. The van der Waals surface area contributed by atoms with E-state index in [-0.39, 0.29) is 0 Å². The third-order valence-corrected chi connectivity index (χ3v) is 2.37. The summed E-state index contributed by atoms with van der Waals surface area (Å²) < 4.78 is 0. The molecular weight excluding hydrogens is 164 g/mol. The Hall–Kier alpha value is -0.160. The molecule has 0 atom stereocenters. The lowest BCUT2D eigenvalue weighted by atomic mass is 10.3. The molecule has 0 spiro atoms. The first kappa shape index (κ1) is 10.9. The van der Waals surface area contributed by atoms with Gasteiger partial charge in [-0.15, -0.1) is 0 Å². The van der Waals surface area contributed by atoms with E-state index in [1.165, 1.54) is 19.6 Å². The molecule has 0 radical (unpaired) electrons. The minimum absolute atomic E-state index is 0.792. The molecule has 0 aromatic rings. The van der Waals surface area contributed by atoms with Crippen LogP contribution in [0.1, 0.15) is 6.42 Å². The van der Waals surface area contributed by atoms with Gasteiger partial charge in [-0.3, -0.25) is 4.90 Å². The van der Waals surface area contributed by atoms with E-state index in [9.17, 15) is 0 Å². The number of nitrogens with zero attached hydrogens (tertiary/aromatic N) is 1. The maximum absolute atomic E-state index is 5.39. The highest BCUT2D eigenvalue weighted by molar-refractivity contribution is 4.67. The molecule has 13 heavy (non-hydrogen) atoms. The standard InChI is InChI=1S/C9H22N4/c10-2-1-3-11-4-7-13-8-5-12-6-9-13/h11-12H,1-10H2. The molecule has 1 fully saturated rings. The molecule has 1 aliphatic heterocycles. The summed E-state index contributed by atoms with van der Waals surface area (Å²) in [4.78, 5) is 2.49. The summed E-state index contributed by atoms with van der Waals surface area (Å²) in [7, 11) is 0. The lowest BCUT2D eigenvalue weighted by molar-refractivity contribution is 0.241. The van der Waals surface area contributed by atoms with Crippen molar-refractivity contribution in [3.8, 4) is 0 Å². The van der Waals surface area contributed by atoms with Crippen molar-refractivity contribution in [3.63, 3.8) is 0 Å². The Labute approximate surface area is 80.9 Å². The van der Waals surface area contributed by atoms with Crippen molar-refractivity contribution >= 4 is 0 Å². The SMILES string of the molecule is NCCCNCCN1CCNCC1. The predicted octanol–water partition coefficient (Wildman–Crippen LogP) is -1.17. The number of nitrogens with one attached hydrogen (secondary N) is 2. The highest BCUT2D eigenvalue weighted by atomic mass is 15.2. The molecule has 1 heterocycles. The summed E-state index contributed by atoms with van der Waals surface area (Å²) in [6.07, 6.45) is 1.08. The van der Waals surface area contributed by atoms with Crippen LogP contribution in [0.3, 0.4) is 0 Å². The Bertz CT molecular complexity index is 112. The zero-order valence-corrected chi connectivity index (χ0v) is 8.39. The summed E-state index contributed by atoms with van der Waals surface area (Å²) in [5, 5.41) is 6.74. The third kappa shape index (κ3) is 5.21. The maximum Gasteiger partial charge on any atom is 0.0108 e. The second-order valence-electron chi connectivity index (χ2n) is 3.48. The van der Waals surface area contributed by atoms with E-state index < -0.39 is 0 Å². The van der Waals surface area contributed by atoms with E-state index in [1.807, 2.05) is 0 Å². The van der Waals surface area contributed by atoms with Gasteiger partial charge in [-0.25, -0.2) is 0 Å². The van der Waals surface area contributed by atoms with Gasteiger partial charge in [-0.2, -0.15) is 0 Å². The highest BCUT2D eigenvalue weighted by Crippen LogP contribution is 1.89. The van der Waals surface area contributed by atoms with Crippen LogP contribution in [0, 0.1) is 0 Å². The molecule has 0 amide bonds. The van der Waals surface area contributed by atoms with Gasteiger partial charge < -0.3 is 16.4 Å². The number of hydrogen-bond acceptors (Lipinski definition) is 4. The molecule has 0 aliphatic carbocycles. The molecule has 4 heteroatoms. The molecule has 0 aromatic heterocycles. The Morgan fingerprint density at radius 1 is 1.23 bits per heavy atom. The van der Waals surface area contributed by atoms with Gasteiger partial charge >= 0.3 is 0 Å². The Morgan fingerprint density at radius 2 is 2.00 bits per heavy atom. The Balaban J connectivity index is 1.86. The summed E-state index contributed by atoms with van der Waals surface area (Å²) in [6, 6.07) is 0. The van der Waals surface area contributed by atoms with Gasteiger partial charge in [0, 0.05) is 39.3 Å². The van der Waals surface area contributed by atoms with Crippen LogP contribution in [-0.4, -0.2) is 57.3 Å². The minimum Gasteiger partial charge on any atom is -0.330 e. The van der Waals surface area contributed by atoms with Crippen molar-refractivity contribution in [1.82, 2.24) is 15.5 Å². The van der Waals surface area contributed by atoms with Gasteiger partial charge in [0.15, 0.2) is 0 Å². The van der Waals surface area contributed by atoms with E-state index in [1.54, 1.807) is 0 Å². The van der Waals surface area contributed by atoms with Gasteiger partial charge in [0.05, 0.1) is 0 Å². The van der Waals surface area contributed by atoms with Crippen LogP contribution in [0.25, 0.3) is 0 Å². The average molecular weight is 186 g/mol. The summed E-state index contributed by atoms with van der Waals surface area (Å²) in [5.74, 6) is 0. The molecule has 0 saturated carbocycles. The van der Waals surface area contributed by atoms with E-state index in [0.717, 1.165) is 39.1 Å². The number of nitrogens with two attached hydrogens (primary N) is 1. The quantitative estimate of drug-likeness (QED) is 0.458. The zero-order chi connectivity index (χ0) is 9.36. The topological polar surface area (TPSA) is 53.3 Å². The van der Waals surface area contributed by atoms with E-state index >= 15 is 0 Å². The molecule has 78 valence electrons. The van der Waals surface area contributed by atoms with Crippen LogP contribution in [0.2, 0.25) is 0 Å². The van der Waals surface area contributed by atoms with E-state index in [0.29, 0.717) is 0 Å². The van der Waals surface area contributed by atoms with Crippen LogP contribution < -0.4 is 16.4 Å². The lowest BCUT2D eigenvalue weighted by Crippen LogP contribution is -2.45. The van der Waals surface area contributed by atoms with Crippen molar-refractivity contribution in [1.29, 1.82) is 0 Å². The molecule has 0 unspecified atom stereocenters. The van der Waals surface area contributed by atoms with Crippen molar-refractivity contribution < 1.29 is 0 Å². The lowest BCUT2D eigenvalue weighted by Gasteiger charge is -2.27. The van der Waals surface area contributed by atoms with Gasteiger partial charge in [0.2, 0.25) is 0 Å². The second kappa shape index (κ2) is 7.26. The summed E-state index contributed by atoms with van der Waals surface area (Å²) >= 11 is 0. The van der Waals surface area contributed by atoms with Crippen LogP contribution in [-0.2, 0) is 0 Å². The maximum atomic E-state index is 5.39. The highest BCUT2D eigenvalue weighted by Gasteiger charge is 2.07. The average Bonchev–Trinajstić information content (AvgIpc) is 2.19. The Morgan fingerprint density at radius 3 is 2.69 bits per heavy atom. The molecule has 0 aromatic carbocycles. The van der Waals surface area contributed by atoms with Crippen LogP contribution in [0.4, 0.5) is 0 Å². The van der Waals surface area contributed by atoms with Gasteiger partial charge in [-0.1, -0.05) is 0 Å². The van der Waals surface area contributed by atoms with Crippen molar-refractivity contribution in [2.75, 3.05) is 52.4 Å². The van der Waals surface area contributed by atoms with Crippen molar-refractivity contribution in [2.45, 2.75) is 6.42 Å². The van der Waals surface area contributed by atoms with Crippen LogP contribution in [0.15, 0.2) is 0 Å². The molecule has 1 rings (SSSR count). The molecular formula is C9H22N4. The van der Waals surface area contributed by atoms with Crippen LogP contribution >= 0.6 is 0 Å². The van der Waals surface area contributed by atoms with E-state index in [4.69, 9.17) is 5.73 Å². The number of hydrogen-bond donors (Lipinski definition) is 3. The Kier molecular flexibility index (Phi) is 6.10. The third-order valence-electron chi connectivity index (χ3n) is 2.37. The smallest absolute Gasteiger partial charge is 0.0108 e. The summed E-state index contributed by atoms with van der Waals surface area (Å²) in [5.41, 5.74) is 5.39. The monoisotopic (exact) mass is 186 g/mol. The molecule has 4 nitrogen and oxygen atoms in total. The van der Waals surface area contributed by atoms with E-state index in [2.05, 4.69) is 15.5 Å². The normalized spacial score (nSPS) is 19.2. The molecule has 1 saturated heterocycles. The molecule has 0 bridgehead atoms. The first-order chi connectivity index (χ1) is 6.43. The van der Waals surface area contributed by atoms with Gasteiger partial charge in [0.25, 0.3) is 0 Å². The van der Waals surface area contributed by atoms with Crippen molar-refractivity contribution in [2.24, 2.45) is 5.73 Å². The van der Waals surface area contributed by atoms with Gasteiger partial charge in [-0.05, 0) is 19.5 Å². The van der Waals surface area contributed by atoms with Crippen LogP contribution in [0.5, 0.6) is 0 Å². The fourth-order valence-electron chi connectivity index (χ4n) is 1.52. The number of rotatable bonds is 6. The predicted molar refractivity (Wildman–Crippen MR) is 55.9 cm³/mol. The fraction of sp³-hybridized carbons (Fsp3) is 1.00. The van der Waals surface area contributed by atoms with Gasteiger partial charge in [0.1, 0.15) is 0 Å². The second-order valence-corrected chi connectivity index (χ2v) is 3.48. The minimum atomic E-state index is 0.792.